The number of hydrogen-bond donors (Lipinski definition) is 14. The number of hydrogen-bond acceptors (Lipinski definition) is 20. The van der Waals surface area contributed by atoms with Gasteiger partial charge in [-0.1, -0.05) is 166 Å². The largest absolute Gasteiger partial charge is 0.477 e. The summed E-state index contributed by atoms with van der Waals surface area (Å²) in [7, 11) is 0. The third-order valence-corrected chi connectivity index (χ3v) is 15.6. The van der Waals surface area contributed by atoms with Crippen LogP contribution in [0.15, 0.2) is 36.5 Å². The van der Waals surface area contributed by atoms with Crippen LogP contribution in [0.5, 0.6) is 0 Å². The molecule has 23 nitrogen and oxygen atoms in total. The lowest BCUT2D eigenvalue weighted by molar-refractivity contribution is -0.386. The minimum atomic E-state index is -3.08. The average Bonchev–Trinajstić information content (AvgIpc) is 2.31. The van der Waals surface area contributed by atoms with Crippen molar-refractivity contribution in [2.75, 3.05) is 26.4 Å². The highest BCUT2D eigenvalue weighted by molar-refractivity contribution is 5.77. The Kier molecular flexibility index (Phi) is 37.5. The fraction of sp³-hybridized carbons (Fsp3) is 0.850. The van der Waals surface area contributed by atoms with Gasteiger partial charge in [0.2, 0.25) is 11.8 Å². The Morgan fingerprint density at radius 2 is 1.17 bits per heavy atom. The van der Waals surface area contributed by atoms with Crippen LogP contribution in [0.2, 0.25) is 0 Å². The summed E-state index contributed by atoms with van der Waals surface area (Å²) in [5, 5.41) is 135. The predicted molar refractivity (Wildman–Crippen MR) is 306 cm³/mol. The van der Waals surface area contributed by atoms with Crippen molar-refractivity contribution in [1.29, 1.82) is 0 Å². The number of aliphatic hydroxyl groups excluding tert-OH is 11. The van der Waals surface area contributed by atoms with Crippen LogP contribution in [0.4, 0.5) is 0 Å². The Morgan fingerprint density at radius 1 is 0.639 bits per heavy atom. The zero-order valence-corrected chi connectivity index (χ0v) is 49.5. The highest BCUT2D eigenvalue weighted by Crippen LogP contribution is 2.38. The van der Waals surface area contributed by atoms with E-state index in [4.69, 9.17) is 28.4 Å². The van der Waals surface area contributed by atoms with Gasteiger partial charge in [0.15, 0.2) is 12.6 Å². The van der Waals surface area contributed by atoms with Crippen LogP contribution < -0.4 is 10.6 Å². The van der Waals surface area contributed by atoms with Gasteiger partial charge in [-0.15, -0.1) is 0 Å². The van der Waals surface area contributed by atoms with Crippen molar-refractivity contribution in [2.45, 2.75) is 298 Å². The number of rotatable bonds is 44. The van der Waals surface area contributed by atoms with Crippen LogP contribution in [-0.2, 0) is 42.8 Å². The molecule has 0 bridgehead atoms. The monoisotopic (exact) mass is 1190 g/mol. The highest BCUT2D eigenvalue weighted by atomic mass is 16.8. The first kappa shape index (κ1) is 74.2. The number of carbonyl (C=O) groups is 3. The second kappa shape index (κ2) is 41.9. The number of nitrogens with one attached hydrogen (secondary N) is 2. The molecule has 83 heavy (non-hydrogen) atoms. The van der Waals surface area contributed by atoms with Gasteiger partial charge in [-0.3, -0.25) is 9.59 Å². The van der Waals surface area contributed by atoms with Gasteiger partial charge in [0.05, 0.1) is 50.7 Å². The van der Waals surface area contributed by atoms with E-state index in [0.29, 0.717) is 12.8 Å². The van der Waals surface area contributed by atoms with E-state index >= 15 is 0 Å². The van der Waals surface area contributed by atoms with Crippen molar-refractivity contribution in [1.82, 2.24) is 10.6 Å². The molecule has 2 amide bonds. The number of aliphatic carboxylic acids is 1. The molecule has 18 unspecified atom stereocenters. The van der Waals surface area contributed by atoms with Crippen LogP contribution in [0.3, 0.4) is 0 Å². The fourth-order valence-electron chi connectivity index (χ4n) is 10.6. The first-order chi connectivity index (χ1) is 39.9. The lowest BCUT2D eigenvalue weighted by atomic mass is 9.88. The topological polar surface area (TPSA) is 373 Å². The van der Waals surface area contributed by atoms with Crippen LogP contribution in [0.25, 0.3) is 0 Å². The zero-order valence-electron chi connectivity index (χ0n) is 49.5. The molecule has 18 atom stereocenters. The Labute approximate surface area is 491 Å². The molecule has 0 aromatic heterocycles. The van der Waals surface area contributed by atoms with Crippen molar-refractivity contribution in [3.8, 4) is 0 Å². The van der Waals surface area contributed by atoms with E-state index < -0.39 is 155 Å². The van der Waals surface area contributed by atoms with E-state index in [-0.39, 0.29) is 12.3 Å². The number of aliphatic hydroxyl groups is 11. The van der Waals surface area contributed by atoms with Gasteiger partial charge in [-0.25, -0.2) is 4.79 Å². The SMILES string of the molecule is CCCCCCCC/C=C\C/C=C\CCC(=O)NC(COC1OC(CO)C(OC2OC(CO)C(O)C(OC3(C(=O)O)CC(O)C(NC(C)=O)C(C(O)C(O)CO)O3)C2O)C(O)C1O)C(O)/C=C/CCCCCCCCCCCCCCCC. The summed E-state index contributed by atoms with van der Waals surface area (Å²) >= 11 is 0. The zero-order chi connectivity index (χ0) is 61.2. The molecular weight excluding hydrogens is 1080 g/mol. The molecule has 3 saturated heterocycles. The minimum absolute atomic E-state index is 0.0930. The summed E-state index contributed by atoms with van der Waals surface area (Å²) in [6, 6.07) is -2.65. The second-order valence-corrected chi connectivity index (χ2v) is 22.6. The van der Waals surface area contributed by atoms with Crippen molar-refractivity contribution in [3.63, 3.8) is 0 Å². The van der Waals surface area contributed by atoms with Crippen LogP contribution in [0, 0.1) is 0 Å². The van der Waals surface area contributed by atoms with Crippen molar-refractivity contribution < 1.29 is 104 Å². The van der Waals surface area contributed by atoms with Gasteiger partial charge < -0.3 is 100 Å². The molecule has 3 fully saturated rings. The molecule has 23 heteroatoms. The second-order valence-electron chi connectivity index (χ2n) is 22.6. The third kappa shape index (κ3) is 26.1. The molecule has 0 spiro atoms. The van der Waals surface area contributed by atoms with E-state index in [1.165, 1.54) is 103 Å². The number of carbonyl (C=O) groups excluding carboxylic acids is 2. The van der Waals surface area contributed by atoms with E-state index in [2.05, 4.69) is 36.6 Å². The molecule has 0 radical (unpaired) electrons. The quantitative estimate of drug-likeness (QED) is 0.0308. The van der Waals surface area contributed by atoms with Gasteiger partial charge in [-0.05, 0) is 38.5 Å². The van der Waals surface area contributed by atoms with E-state index in [0.717, 1.165) is 45.4 Å². The lowest BCUT2D eigenvalue weighted by Gasteiger charge is -2.50. The smallest absolute Gasteiger partial charge is 0.364 e. The number of allylic oxidation sites excluding steroid dienone is 5. The number of amides is 2. The van der Waals surface area contributed by atoms with E-state index in [1.807, 2.05) is 18.2 Å². The van der Waals surface area contributed by atoms with Crippen molar-refractivity contribution in [2.24, 2.45) is 0 Å². The van der Waals surface area contributed by atoms with Gasteiger partial charge in [0.1, 0.15) is 67.1 Å². The summed E-state index contributed by atoms with van der Waals surface area (Å²) in [5.41, 5.74) is 0. The molecule has 3 rings (SSSR count). The maximum atomic E-state index is 13.3. The Morgan fingerprint density at radius 3 is 1.70 bits per heavy atom. The van der Waals surface area contributed by atoms with Crippen molar-refractivity contribution in [3.05, 3.63) is 36.5 Å². The highest BCUT2D eigenvalue weighted by Gasteiger charge is 2.60. The molecule has 14 N–H and O–H groups in total. The standard InChI is InChI=1S/C60H106N2O21/c1-4-6-8-10-12-14-16-18-19-20-22-23-25-27-29-31-33-42(67)41(62-47(70)34-32-30-28-26-24-21-17-15-13-11-9-7-5-2)39-78-57-52(74)51(73)54(46(38-65)80-57)81-58-53(75)56(50(72)45(37-64)79-58)83-60(59(76)77)35-43(68)48(61-40(3)66)55(82-60)49(71)44(69)36-63/h21,24,28,30-31,33,41-46,48-58,63-65,67-69,71-75H,4-20,22-23,25-27,29,32,34-39H2,1-3H3,(H,61,66)(H,62,70)(H,76,77)/b24-21-,30-28-,33-31+. The molecular formula is C60H106N2O21. The summed E-state index contributed by atoms with van der Waals surface area (Å²) in [4.78, 5) is 38.3. The van der Waals surface area contributed by atoms with Gasteiger partial charge in [0.25, 0.3) is 5.79 Å². The average molecular weight is 1190 g/mol. The Balaban J connectivity index is 1.68. The molecule has 0 saturated carbocycles. The maximum Gasteiger partial charge on any atom is 0.364 e. The molecule has 0 aromatic carbocycles. The molecule has 0 aromatic rings. The van der Waals surface area contributed by atoms with Crippen LogP contribution >= 0.6 is 0 Å². The Bertz CT molecular complexity index is 1850. The summed E-state index contributed by atoms with van der Waals surface area (Å²) in [6.45, 7) is 2.04. The first-order valence-electron chi connectivity index (χ1n) is 30.9. The summed E-state index contributed by atoms with van der Waals surface area (Å²) in [5.74, 6) is -6.22. The number of carboxylic acid groups (broad SMARTS) is 1. The first-order valence-corrected chi connectivity index (χ1v) is 30.9. The predicted octanol–water partition coefficient (Wildman–Crippen LogP) is 3.11. The van der Waals surface area contributed by atoms with E-state index in [1.54, 1.807) is 6.08 Å². The molecule has 482 valence electrons. The van der Waals surface area contributed by atoms with Crippen molar-refractivity contribution >= 4 is 17.8 Å². The van der Waals surface area contributed by atoms with Crippen LogP contribution in [0.1, 0.15) is 188 Å². The third-order valence-electron chi connectivity index (χ3n) is 15.6. The van der Waals surface area contributed by atoms with Gasteiger partial charge in [-0.2, -0.15) is 0 Å². The lowest BCUT2D eigenvalue weighted by Crippen LogP contribution is -2.70. The maximum absolute atomic E-state index is 13.3. The van der Waals surface area contributed by atoms with Gasteiger partial charge in [0, 0.05) is 19.8 Å². The molecule has 0 aliphatic carbocycles. The van der Waals surface area contributed by atoms with Crippen LogP contribution in [-0.4, -0.2) is 215 Å². The summed E-state index contributed by atoms with van der Waals surface area (Å²) in [6.07, 6.45) is 9.44. The minimum Gasteiger partial charge on any atom is -0.477 e. The number of unbranched alkanes of at least 4 members (excludes halogenated alkanes) is 20. The molecule has 3 aliphatic rings. The number of carboxylic acids is 1. The normalized spacial score (nSPS) is 30.2. The Hall–Kier alpha value is -3.05. The number of ether oxygens (including phenoxy) is 6. The summed E-state index contributed by atoms with van der Waals surface area (Å²) < 4.78 is 34.6. The van der Waals surface area contributed by atoms with E-state index in [9.17, 15) is 75.7 Å². The molecule has 3 heterocycles. The fourth-order valence-corrected chi connectivity index (χ4v) is 10.6. The molecule has 3 aliphatic heterocycles. The van der Waals surface area contributed by atoms with Gasteiger partial charge >= 0.3 is 5.97 Å².